The van der Waals surface area contributed by atoms with Crippen LogP contribution in [0.3, 0.4) is 0 Å². The molecule has 0 spiro atoms. The van der Waals surface area contributed by atoms with E-state index in [1.807, 2.05) is 12.1 Å². The minimum atomic E-state index is -0.0437. The highest BCUT2D eigenvalue weighted by molar-refractivity contribution is 5.99. The standard InChI is InChI=1S/C11H15N3O/c1-7(2)9-4-3-8-10(14-9)12-5-6-13-11(8)15/h3-4,7H,5-6H2,1-2H3,(H,12,14)(H,13,15). The number of hydrogen-bond acceptors (Lipinski definition) is 3. The van der Waals surface area contributed by atoms with Crippen LogP contribution in [0.15, 0.2) is 12.1 Å². The fraction of sp³-hybridized carbons (Fsp3) is 0.455. The van der Waals surface area contributed by atoms with Crippen molar-refractivity contribution in [2.45, 2.75) is 19.8 Å². The van der Waals surface area contributed by atoms with Gasteiger partial charge in [0.15, 0.2) is 0 Å². The van der Waals surface area contributed by atoms with Gasteiger partial charge in [0.1, 0.15) is 5.82 Å². The molecule has 0 saturated heterocycles. The summed E-state index contributed by atoms with van der Waals surface area (Å²) in [7, 11) is 0. The second-order valence-corrected chi connectivity index (χ2v) is 3.97. The van der Waals surface area contributed by atoms with E-state index < -0.39 is 0 Å². The summed E-state index contributed by atoms with van der Waals surface area (Å²) in [5.74, 6) is 1.04. The van der Waals surface area contributed by atoms with Crippen molar-refractivity contribution >= 4 is 11.7 Å². The van der Waals surface area contributed by atoms with Crippen LogP contribution in [0.4, 0.5) is 5.82 Å². The number of hydrogen-bond donors (Lipinski definition) is 2. The lowest BCUT2D eigenvalue weighted by Gasteiger charge is -2.09. The van der Waals surface area contributed by atoms with Crippen molar-refractivity contribution in [3.8, 4) is 0 Å². The van der Waals surface area contributed by atoms with E-state index in [-0.39, 0.29) is 5.91 Å². The van der Waals surface area contributed by atoms with Crippen LogP contribution in [0.1, 0.15) is 35.8 Å². The highest BCUT2D eigenvalue weighted by Gasteiger charge is 2.16. The Morgan fingerprint density at radius 3 is 2.73 bits per heavy atom. The van der Waals surface area contributed by atoms with Gasteiger partial charge in [-0.3, -0.25) is 4.79 Å². The van der Waals surface area contributed by atoms with Crippen molar-refractivity contribution in [2.24, 2.45) is 0 Å². The third kappa shape index (κ3) is 1.93. The Labute approximate surface area is 89.1 Å². The van der Waals surface area contributed by atoms with E-state index in [9.17, 15) is 4.79 Å². The predicted molar refractivity (Wildman–Crippen MR) is 59.1 cm³/mol. The lowest BCUT2D eigenvalue weighted by Crippen LogP contribution is -2.24. The molecule has 0 aromatic carbocycles. The topological polar surface area (TPSA) is 54.0 Å². The van der Waals surface area contributed by atoms with Gasteiger partial charge in [0.25, 0.3) is 5.91 Å². The molecule has 2 N–H and O–H groups in total. The monoisotopic (exact) mass is 205 g/mol. The Bertz CT molecular complexity index is 387. The second-order valence-electron chi connectivity index (χ2n) is 3.97. The highest BCUT2D eigenvalue weighted by Crippen LogP contribution is 2.19. The smallest absolute Gasteiger partial charge is 0.255 e. The number of fused-ring (bicyclic) bond motifs is 1. The quantitative estimate of drug-likeness (QED) is 0.728. The van der Waals surface area contributed by atoms with Gasteiger partial charge < -0.3 is 10.6 Å². The zero-order chi connectivity index (χ0) is 10.8. The minimum absolute atomic E-state index is 0.0437. The molecule has 1 aromatic heterocycles. The molecule has 0 atom stereocenters. The van der Waals surface area contributed by atoms with Crippen molar-refractivity contribution in [1.29, 1.82) is 0 Å². The summed E-state index contributed by atoms with van der Waals surface area (Å²) in [6.07, 6.45) is 0. The Kier molecular flexibility index (Phi) is 2.58. The molecule has 1 amide bonds. The molecule has 1 aromatic rings. The molecule has 0 saturated carbocycles. The number of amides is 1. The van der Waals surface area contributed by atoms with Gasteiger partial charge in [0.2, 0.25) is 0 Å². The summed E-state index contributed by atoms with van der Waals surface area (Å²) in [5, 5.41) is 5.96. The van der Waals surface area contributed by atoms with Crippen molar-refractivity contribution in [1.82, 2.24) is 10.3 Å². The number of rotatable bonds is 1. The van der Waals surface area contributed by atoms with E-state index in [1.54, 1.807) is 0 Å². The molecule has 0 bridgehead atoms. The summed E-state index contributed by atoms with van der Waals surface area (Å²) in [6.45, 7) is 5.55. The van der Waals surface area contributed by atoms with E-state index >= 15 is 0 Å². The summed E-state index contributed by atoms with van der Waals surface area (Å²) in [5.41, 5.74) is 1.65. The fourth-order valence-electron chi connectivity index (χ4n) is 1.57. The second kappa shape index (κ2) is 3.88. The lowest BCUT2D eigenvalue weighted by atomic mass is 10.1. The highest BCUT2D eigenvalue weighted by atomic mass is 16.1. The third-order valence-electron chi connectivity index (χ3n) is 2.46. The Morgan fingerprint density at radius 1 is 1.27 bits per heavy atom. The van der Waals surface area contributed by atoms with Gasteiger partial charge in [-0.15, -0.1) is 0 Å². The molecular weight excluding hydrogens is 190 g/mol. The van der Waals surface area contributed by atoms with Crippen molar-refractivity contribution in [3.63, 3.8) is 0 Å². The average molecular weight is 205 g/mol. The van der Waals surface area contributed by atoms with Gasteiger partial charge in [-0.25, -0.2) is 4.98 Å². The van der Waals surface area contributed by atoms with Gasteiger partial charge in [-0.05, 0) is 18.1 Å². The van der Waals surface area contributed by atoms with Gasteiger partial charge in [0.05, 0.1) is 5.56 Å². The number of anilines is 1. The number of nitrogens with one attached hydrogen (secondary N) is 2. The Morgan fingerprint density at radius 2 is 2.00 bits per heavy atom. The first kappa shape index (κ1) is 9.96. The van der Waals surface area contributed by atoms with Crippen LogP contribution in [0.2, 0.25) is 0 Å². The minimum Gasteiger partial charge on any atom is -0.368 e. The van der Waals surface area contributed by atoms with E-state index in [0.717, 1.165) is 12.2 Å². The first-order valence-electron chi connectivity index (χ1n) is 5.21. The number of carbonyl (C=O) groups excluding carboxylic acids is 1. The molecule has 0 fully saturated rings. The van der Waals surface area contributed by atoms with Crippen LogP contribution in [-0.2, 0) is 0 Å². The number of aromatic nitrogens is 1. The Hall–Kier alpha value is -1.58. The number of pyridine rings is 1. The molecule has 2 heterocycles. The van der Waals surface area contributed by atoms with Crippen LogP contribution in [0.5, 0.6) is 0 Å². The first-order valence-corrected chi connectivity index (χ1v) is 5.21. The van der Waals surface area contributed by atoms with Crippen LogP contribution >= 0.6 is 0 Å². The molecule has 0 aliphatic carbocycles. The SMILES string of the molecule is CC(C)c1ccc2c(n1)NCCNC2=O. The molecule has 2 rings (SSSR count). The molecule has 1 aliphatic heterocycles. The van der Waals surface area contributed by atoms with Crippen molar-refractivity contribution < 1.29 is 4.79 Å². The maximum atomic E-state index is 11.6. The summed E-state index contributed by atoms with van der Waals surface area (Å²) in [6, 6.07) is 3.75. The molecule has 4 nitrogen and oxygen atoms in total. The summed E-state index contributed by atoms with van der Waals surface area (Å²) >= 11 is 0. The predicted octanol–water partition coefficient (Wildman–Crippen LogP) is 1.36. The molecule has 0 radical (unpaired) electrons. The molecular formula is C11H15N3O. The lowest BCUT2D eigenvalue weighted by molar-refractivity contribution is 0.0958. The summed E-state index contributed by atoms with van der Waals surface area (Å²) in [4.78, 5) is 16.0. The van der Waals surface area contributed by atoms with Gasteiger partial charge in [-0.2, -0.15) is 0 Å². The van der Waals surface area contributed by atoms with Crippen molar-refractivity contribution in [2.75, 3.05) is 18.4 Å². The molecule has 0 unspecified atom stereocenters. The van der Waals surface area contributed by atoms with E-state index in [1.165, 1.54) is 0 Å². The normalized spacial score (nSPS) is 15.3. The van der Waals surface area contributed by atoms with E-state index in [0.29, 0.717) is 23.8 Å². The zero-order valence-electron chi connectivity index (χ0n) is 9.00. The maximum Gasteiger partial charge on any atom is 0.255 e. The third-order valence-corrected chi connectivity index (χ3v) is 2.46. The van der Waals surface area contributed by atoms with Gasteiger partial charge in [-0.1, -0.05) is 13.8 Å². The molecule has 4 heteroatoms. The van der Waals surface area contributed by atoms with E-state index in [2.05, 4.69) is 29.5 Å². The maximum absolute atomic E-state index is 11.6. The number of carbonyl (C=O) groups is 1. The Balaban J connectivity index is 2.42. The largest absolute Gasteiger partial charge is 0.368 e. The first-order chi connectivity index (χ1) is 7.18. The van der Waals surface area contributed by atoms with Gasteiger partial charge >= 0.3 is 0 Å². The molecule has 15 heavy (non-hydrogen) atoms. The average Bonchev–Trinajstić information content (AvgIpc) is 2.40. The summed E-state index contributed by atoms with van der Waals surface area (Å²) < 4.78 is 0. The zero-order valence-corrected chi connectivity index (χ0v) is 9.00. The molecule has 1 aliphatic rings. The van der Waals surface area contributed by atoms with Crippen LogP contribution in [0, 0.1) is 0 Å². The molecule has 80 valence electrons. The fourth-order valence-corrected chi connectivity index (χ4v) is 1.57. The van der Waals surface area contributed by atoms with E-state index in [4.69, 9.17) is 0 Å². The van der Waals surface area contributed by atoms with Crippen LogP contribution in [0.25, 0.3) is 0 Å². The van der Waals surface area contributed by atoms with Gasteiger partial charge in [0, 0.05) is 18.8 Å². The van der Waals surface area contributed by atoms with Crippen LogP contribution < -0.4 is 10.6 Å². The van der Waals surface area contributed by atoms with Crippen molar-refractivity contribution in [3.05, 3.63) is 23.4 Å². The van der Waals surface area contributed by atoms with Crippen LogP contribution in [-0.4, -0.2) is 24.0 Å². The number of nitrogens with zero attached hydrogens (tertiary/aromatic N) is 1.